The zero-order valence-corrected chi connectivity index (χ0v) is 15.2. The predicted octanol–water partition coefficient (Wildman–Crippen LogP) is 4.60. The summed E-state index contributed by atoms with van der Waals surface area (Å²) >= 11 is 0. The minimum atomic E-state index is -3.51. The van der Waals surface area contributed by atoms with E-state index >= 15 is 0 Å². The van der Waals surface area contributed by atoms with E-state index in [-0.39, 0.29) is 6.04 Å². The molecule has 0 N–H and O–H groups in total. The van der Waals surface area contributed by atoms with E-state index in [0.29, 0.717) is 10.8 Å². The van der Waals surface area contributed by atoms with Gasteiger partial charge < -0.3 is 0 Å². The van der Waals surface area contributed by atoms with Gasteiger partial charge in [-0.05, 0) is 55.9 Å². The van der Waals surface area contributed by atoms with E-state index in [1.165, 1.54) is 0 Å². The first-order chi connectivity index (χ1) is 12.1. The van der Waals surface area contributed by atoms with Crippen LogP contribution in [0.2, 0.25) is 0 Å². The third-order valence-electron chi connectivity index (χ3n) is 5.39. The molecule has 1 saturated carbocycles. The summed E-state index contributed by atoms with van der Waals surface area (Å²) in [5.41, 5.74) is 3.06. The van der Waals surface area contributed by atoms with Gasteiger partial charge in [0.25, 0.3) is 10.0 Å². The Labute approximate surface area is 150 Å². The molecular weight excluding hydrogens is 330 g/mol. The quantitative estimate of drug-likeness (QED) is 0.809. The summed E-state index contributed by atoms with van der Waals surface area (Å²) in [6.07, 6.45) is 6.10. The third-order valence-corrected chi connectivity index (χ3v) is 7.28. The normalized spacial score (nSPS) is 24.7. The van der Waals surface area contributed by atoms with Gasteiger partial charge in [0.15, 0.2) is 0 Å². The first-order valence-corrected chi connectivity index (χ1v) is 10.4. The fourth-order valence-corrected chi connectivity index (χ4v) is 5.93. The average Bonchev–Trinajstić information content (AvgIpc) is 3.16. The van der Waals surface area contributed by atoms with Gasteiger partial charge in [0, 0.05) is 11.7 Å². The van der Waals surface area contributed by atoms with E-state index in [1.807, 2.05) is 55.5 Å². The van der Waals surface area contributed by atoms with Crippen molar-refractivity contribution in [2.45, 2.75) is 43.5 Å². The molecule has 4 rings (SSSR count). The lowest BCUT2D eigenvalue weighted by atomic mass is 10.0. The molecule has 0 aromatic heterocycles. The summed E-state index contributed by atoms with van der Waals surface area (Å²) in [5, 5.41) is 0. The number of rotatable bonds is 3. The number of nitrogens with zero attached hydrogens (tertiary/aromatic N) is 1. The molecule has 1 aliphatic heterocycles. The van der Waals surface area contributed by atoms with Crippen LogP contribution >= 0.6 is 0 Å². The highest BCUT2D eigenvalue weighted by molar-refractivity contribution is 7.89. The smallest absolute Gasteiger partial charge is 0.264 e. The monoisotopic (exact) mass is 353 g/mol. The second kappa shape index (κ2) is 6.34. The van der Waals surface area contributed by atoms with Crippen molar-refractivity contribution in [3.8, 4) is 0 Å². The van der Waals surface area contributed by atoms with Crippen LogP contribution in [0.5, 0.6) is 0 Å². The average molecular weight is 353 g/mol. The molecule has 1 heterocycles. The first-order valence-electron chi connectivity index (χ1n) is 8.92. The lowest BCUT2D eigenvalue weighted by Gasteiger charge is -2.27. The molecule has 0 unspecified atom stereocenters. The van der Waals surface area contributed by atoms with Crippen LogP contribution in [0.1, 0.15) is 36.8 Å². The largest absolute Gasteiger partial charge is 0.267 e. The molecule has 0 spiro atoms. The molecule has 0 bridgehead atoms. The van der Waals surface area contributed by atoms with Gasteiger partial charge in [0.05, 0.1) is 4.90 Å². The van der Waals surface area contributed by atoms with Crippen molar-refractivity contribution < 1.29 is 8.42 Å². The molecule has 2 aromatic carbocycles. The summed E-state index contributed by atoms with van der Waals surface area (Å²) < 4.78 is 28.5. The minimum Gasteiger partial charge on any atom is -0.267 e. The second-order valence-electron chi connectivity index (χ2n) is 7.12. The van der Waals surface area contributed by atoms with Gasteiger partial charge >= 0.3 is 0 Å². The fraction of sp³-hybridized carbons (Fsp3) is 0.333. The summed E-state index contributed by atoms with van der Waals surface area (Å²) in [6.45, 7) is 1.97. The number of aryl methyl sites for hydroxylation is 1. The van der Waals surface area contributed by atoms with Gasteiger partial charge in [-0.3, -0.25) is 4.31 Å². The number of benzene rings is 2. The molecule has 2 aromatic rings. The van der Waals surface area contributed by atoms with Crippen LogP contribution in [-0.2, 0) is 10.0 Å². The van der Waals surface area contributed by atoms with Crippen LogP contribution in [-0.4, -0.2) is 18.8 Å². The predicted molar refractivity (Wildman–Crippen MR) is 100 cm³/mol. The topological polar surface area (TPSA) is 37.4 Å². The number of fused-ring (bicyclic) bond motifs is 1. The first kappa shape index (κ1) is 16.4. The van der Waals surface area contributed by atoms with Crippen LogP contribution in [0.3, 0.4) is 0 Å². The van der Waals surface area contributed by atoms with Gasteiger partial charge in [0.1, 0.15) is 0 Å². The van der Waals surface area contributed by atoms with E-state index in [9.17, 15) is 8.42 Å². The highest BCUT2D eigenvalue weighted by Crippen LogP contribution is 2.46. The summed E-state index contributed by atoms with van der Waals surface area (Å²) in [5.74, 6) is 0.454. The van der Waals surface area contributed by atoms with Crippen molar-refractivity contribution in [1.29, 1.82) is 0 Å². The number of sulfonamides is 1. The van der Waals surface area contributed by atoms with E-state index in [4.69, 9.17) is 0 Å². The Morgan fingerprint density at radius 1 is 1.00 bits per heavy atom. The van der Waals surface area contributed by atoms with Crippen molar-refractivity contribution in [3.63, 3.8) is 0 Å². The van der Waals surface area contributed by atoms with Gasteiger partial charge in [-0.2, -0.15) is 0 Å². The third kappa shape index (κ3) is 2.99. The highest BCUT2D eigenvalue weighted by Gasteiger charge is 2.45. The standard InChI is InChI=1S/C21H23NO2S/c1-16-10-12-20(13-11-16)25(23,24)22-19(14-17-6-3-2-4-7-17)15-18-8-5-9-21(18)22/h2-4,6-7,10-14,18,21H,5,8-9,15H2,1H3/b19-14+/t18-,21-/m0/s1. The summed E-state index contributed by atoms with van der Waals surface area (Å²) in [4.78, 5) is 0.393. The minimum absolute atomic E-state index is 0.112. The molecule has 2 atom stereocenters. The molecular formula is C21H23NO2S. The van der Waals surface area contributed by atoms with Crippen molar-refractivity contribution in [2.24, 2.45) is 5.92 Å². The molecule has 0 amide bonds. The Hall–Kier alpha value is -2.07. The van der Waals surface area contributed by atoms with Crippen LogP contribution in [0.15, 0.2) is 65.2 Å². The molecule has 4 heteroatoms. The Kier molecular flexibility index (Phi) is 4.16. The fourth-order valence-electron chi connectivity index (χ4n) is 4.16. The molecule has 2 fully saturated rings. The number of hydrogen-bond donors (Lipinski definition) is 0. The molecule has 1 saturated heterocycles. The zero-order chi connectivity index (χ0) is 17.4. The van der Waals surface area contributed by atoms with Gasteiger partial charge in [-0.25, -0.2) is 8.42 Å². The van der Waals surface area contributed by atoms with Gasteiger partial charge in [-0.1, -0.05) is 54.4 Å². The summed E-state index contributed by atoms with van der Waals surface area (Å²) in [7, 11) is -3.51. The molecule has 130 valence electrons. The molecule has 2 aliphatic rings. The van der Waals surface area contributed by atoms with E-state index < -0.39 is 10.0 Å². The SMILES string of the molecule is Cc1ccc(S(=O)(=O)N2/C(=C/c3ccccc3)C[C@@H]3CCC[C@@H]32)cc1. The lowest BCUT2D eigenvalue weighted by Crippen LogP contribution is -2.35. The van der Waals surface area contributed by atoms with Crippen LogP contribution < -0.4 is 0 Å². The van der Waals surface area contributed by atoms with Gasteiger partial charge in [-0.15, -0.1) is 0 Å². The van der Waals surface area contributed by atoms with Crippen LogP contribution in [0.25, 0.3) is 6.08 Å². The van der Waals surface area contributed by atoms with E-state index in [1.54, 1.807) is 16.4 Å². The van der Waals surface area contributed by atoms with Crippen LogP contribution in [0, 0.1) is 12.8 Å². The van der Waals surface area contributed by atoms with E-state index in [2.05, 4.69) is 0 Å². The summed E-state index contributed by atoms with van der Waals surface area (Å²) in [6, 6.07) is 17.3. The molecule has 25 heavy (non-hydrogen) atoms. The molecule has 0 radical (unpaired) electrons. The maximum Gasteiger partial charge on any atom is 0.264 e. The van der Waals surface area contributed by atoms with Crippen molar-refractivity contribution in [1.82, 2.24) is 4.31 Å². The molecule has 3 nitrogen and oxygen atoms in total. The molecule has 1 aliphatic carbocycles. The Morgan fingerprint density at radius 2 is 1.72 bits per heavy atom. The number of hydrogen-bond acceptors (Lipinski definition) is 2. The van der Waals surface area contributed by atoms with Crippen molar-refractivity contribution in [3.05, 3.63) is 71.4 Å². The maximum atomic E-state index is 13.4. The zero-order valence-electron chi connectivity index (χ0n) is 14.4. The van der Waals surface area contributed by atoms with Crippen molar-refractivity contribution in [2.75, 3.05) is 0 Å². The Morgan fingerprint density at radius 3 is 2.44 bits per heavy atom. The Bertz CT molecular complexity index is 885. The van der Waals surface area contributed by atoms with Crippen LogP contribution in [0.4, 0.5) is 0 Å². The van der Waals surface area contributed by atoms with Gasteiger partial charge in [0.2, 0.25) is 0 Å². The Balaban J connectivity index is 1.78. The van der Waals surface area contributed by atoms with Crippen molar-refractivity contribution >= 4 is 16.1 Å². The van der Waals surface area contributed by atoms with E-state index in [0.717, 1.165) is 42.5 Å². The highest BCUT2D eigenvalue weighted by atomic mass is 32.2. The number of allylic oxidation sites excluding steroid dienone is 1. The maximum absolute atomic E-state index is 13.4. The lowest BCUT2D eigenvalue weighted by molar-refractivity contribution is 0.388. The second-order valence-corrected chi connectivity index (χ2v) is 8.94.